The summed E-state index contributed by atoms with van der Waals surface area (Å²) in [6, 6.07) is 6.70. The minimum Gasteiger partial charge on any atom is -0.437 e. The second-order valence-corrected chi connectivity index (χ2v) is 3.69. The highest BCUT2D eigenvalue weighted by molar-refractivity contribution is 6.30. The molecular formula is C11H9ClN4O2. The highest BCUT2D eigenvalue weighted by Gasteiger charge is 2.11. The van der Waals surface area contributed by atoms with Gasteiger partial charge < -0.3 is 15.7 Å². The third-order valence-electron chi connectivity index (χ3n) is 2.04. The Bertz CT molecular complexity index is 572. The van der Waals surface area contributed by atoms with Crippen molar-refractivity contribution in [2.45, 2.75) is 0 Å². The number of amidine groups is 1. The van der Waals surface area contributed by atoms with Gasteiger partial charge in [-0.25, -0.2) is 9.97 Å². The fraction of sp³-hybridized carbons (Fsp3) is 0. The lowest BCUT2D eigenvalue weighted by Crippen LogP contribution is -2.16. The van der Waals surface area contributed by atoms with Gasteiger partial charge in [-0.15, -0.1) is 0 Å². The van der Waals surface area contributed by atoms with Gasteiger partial charge in [-0.2, -0.15) is 0 Å². The molecule has 0 saturated heterocycles. The first-order valence-corrected chi connectivity index (χ1v) is 5.31. The molecule has 2 aromatic rings. The van der Waals surface area contributed by atoms with Gasteiger partial charge >= 0.3 is 0 Å². The molecule has 2 rings (SSSR count). The zero-order valence-corrected chi connectivity index (χ0v) is 9.87. The quantitative estimate of drug-likeness (QED) is 0.383. The molecule has 7 heteroatoms. The lowest BCUT2D eigenvalue weighted by atomic mass is 10.3. The van der Waals surface area contributed by atoms with Crippen LogP contribution in [-0.4, -0.2) is 21.0 Å². The Morgan fingerprint density at radius 3 is 2.56 bits per heavy atom. The van der Waals surface area contributed by atoms with E-state index in [2.05, 4.69) is 15.1 Å². The Morgan fingerprint density at radius 2 is 1.89 bits per heavy atom. The summed E-state index contributed by atoms with van der Waals surface area (Å²) in [5.74, 6) is 0.495. The number of hydrogen-bond donors (Lipinski definition) is 2. The van der Waals surface area contributed by atoms with Gasteiger partial charge in [0, 0.05) is 17.4 Å². The number of hydrogen-bond acceptors (Lipinski definition) is 5. The fourth-order valence-electron chi connectivity index (χ4n) is 1.24. The van der Waals surface area contributed by atoms with E-state index in [1.165, 1.54) is 12.4 Å². The van der Waals surface area contributed by atoms with E-state index < -0.39 is 0 Å². The third kappa shape index (κ3) is 2.67. The molecule has 0 spiro atoms. The first-order chi connectivity index (χ1) is 8.70. The van der Waals surface area contributed by atoms with Gasteiger partial charge in [0.25, 0.3) is 0 Å². The van der Waals surface area contributed by atoms with Crippen molar-refractivity contribution in [3.8, 4) is 11.6 Å². The van der Waals surface area contributed by atoms with E-state index in [4.69, 9.17) is 27.3 Å². The number of halogens is 1. The predicted octanol–water partition coefficient (Wildman–Crippen LogP) is 2.02. The number of benzene rings is 1. The molecule has 6 nitrogen and oxygen atoms in total. The lowest BCUT2D eigenvalue weighted by molar-refractivity contribution is 0.318. The summed E-state index contributed by atoms with van der Waals surface area (Å²) in [5.41, 5.74) is 5.63. The van der Waals surface area contributed by atoms with Crippen LogP contribution in [0.1, 0.15) is 5.69 Å². The van der Waals surface area contributed by atoms with Crippen molar-refractivity contribution < 1.29 is 9.94 Å². The molecule has 18 heavy (non-hydrogen) atoms. The molecule has 1 aromatic heterocycles. The Labute approximate surface area is 108 Å². The van der Waals surface area contributed by atoms with Crippen LogP contribution in [-0.2, 0) is 0 Å². The Hall–Kier alpha value is -2.34. The van der Waals surface area contributed by atoms with Crippen LogP contribution < -0.4 is 10.5 Å². The van der Waals surface area contributed by atoms with Crippen LogP contribution in [0, 0.1) is 0 Å². The summed E-state index contributed by atoms with van der Waals surface area (Å²) < 4.78 is 5.48. The van der Waals surface area contributed by atoms with E-state index in [1.54, 1.807) is 24.3 Å². The van der Waals surface area contributed by atoms with Gasteiger partial charge in [0.15, 0.2) is 11.5 Å². The number of oxime groups is 1. The molecule has 0 radical (unpaired) electrons. The first kappa shape index (κ1) is 12.1. The number of ether oxygens (including phenoxy) is 1. The molecule has 0 aliphatic carbocycles. The number of rotatable bonds is 3. The Balaban J connectivity index is 2.32. The lowest BCUT2D eigenvalue weighted by Gasteiger charge is -2.07. The molecule has 0 fully saturated rings. The molecule has 1 aromatic carbocycles. The van der Waals surface area contributed by atoms with E-state index in [1.807, 2.05) is 0 Å². The van der Waals surface area contributed by atoms with Crippen LogP contribution in [0.4, 0.5) is 0 Å². The van der Waals surface area contributed by atoms with Crippen molar-refractivity contribution in [1.82, 2.24) is 9.97 Å². The average Bonchev–Trinajstić information content (AvgIpc) is 2.41. The van der Waals surface area contributed by atoms with E-state index in [0.29, 0.717) is 10.8 Å². The smallest absolute Gasteiger partial charge is 0.249 e. The number of nitrogens with two attached hydrogens (primary N) is 1. The Kier molecular flexibility index (Phi) is 3.59. The molecule has 0 unspecified atom stereocenters. The molecular weight excluding hydrogens is 256 g/mol. The van der Waals surface area contributed by atoms with E-state index in [0.717, 1.165) is 0 Å². The largest absolute Gasteiger partial charge is 0.437 e. The first-order valence-electron chi connectivity index (χ1n) is 4.93. The van der Waals surface area contributed by atoms with Gasteiger partial charge in [0.2, 0.25) is 5.88 Å². The van der Waals surface area contributed by atoms with Gasteiger partial charge in [-0.05, 0) is 24.3 Å². The topological polar surface area (TPSA) is 93.6 Å². The van der Waals surface area contributed by atoms with Crippen molar-refractivity contribution in [2.75, 3.05) is 0 Å². The summed E-state index contributed by atoms with van der Waals surface area (Å²) in [6.07, 6.45) is 2.86. The molecule has 92 valence electrons. The summed E-state index contributed by atoms with van der Waals surface area (Å²) in [4.78, 5) is 7.91. The molecule has 0 saturated carbocycles. The summed E-state index contributed by atoms with van der Waals surface area (Å²) in [5, 5.41) is 12.1. The normalized spacial score (nSPS) is 11.3. The van der Waals surface area contributed by atoms with Gasteiger partial charge in [-0.1, -0.05) is 16.8 Å². The third-order valence-corrected chi connectivity index (χ3v) is 2.30. The summed E-state index contributed by atoms with van der Waals surface area (Å²) in [6.45, 7) is 0. The van der Waals surface area contributed by atoms with E-state index in [9.17, 15) is 0 Å². The predicted molar refractivity (Wildman–Crippen MR) is 66.1 cm³/mol. The van der Waals surface area contributed by atoms with Crippen LogP contribution in [0.2, 0.25) is 5.02 Å². The van der Waals surface area contributed by atoms with Crippen molar-refractivity contribution in [2.24, 2.45) is 10.9 Å². The summed E-state index contributed by atoms with van der Waals surface area (Å²) in [7, 11) is 0. The maximum atomic E-state index is 8.64. The van der Waals surface area contributed by atoms with Gasteiger partial charge in [-0.3, -0.25) is 0 Å². The Morgan fingerprint density at radius 1 is 1.22 bits per heavy atom. The summed E-state index contributed by atoms with van der Waals surface area (Å²) >= 11 is 5.76. The van der Waals surface area contributed by atoms with Crippen molar-refractivity contribution in [3.63, 3.8) is 0 Å². The number of aromatic nitrogens is 2. The van der Waals surface area contributed by atoms with Crippen molar-refractivity contribution >= 4 is 17.4 Å². The highest BCUT2D eigenvalue weighted by Crippen LogP contribution is 2.22. The molecule has 3 N–H and O–H groups in total. The SMILES string of the molecule is NC(=NO)c1nccnc1Oc1ccc(Cl)cc1. The molecule has 0 aliphatic heterocycles. The molecule has 0 aliphatic rings. The standard InChI is InChI=1S/C11H9ClN4O2/c12-7-1-3-8(4-2-7)18-11-9(10(13)16-17)14-5-6-15-11/h1-6,17H,(H2,13,16). The van der Waals surface area contributed by atoms with E-state index >= 15 is 0 Å². The van der Waals surface area contributed by atoms with Crippen LogP contribution >= 0.6 is 11.6 Å². The maximum absolute atomic E-state index is 8.64. The second-order valence-electron chi connectivity index (χ2n) is 3.25. The zero-order valence-electron chi connectivity index (χ0n) is 9.12. The highest BCUT2D eigenvalue weighted by atomic mass is 35.5. The van der Waals surface area contributed by atoms with Crippen LogP contribution in [0.15, 0.2) is 41.8 Å². The van der Waals surface area contributed by atoms with Crippen molar-refractivity contribution in [1.29, 1.82) is 0 Å². The van der Waals surface area contributed by atoms with Crippen LogP contribution in [0.25, 0.3) is 0 Å². The average molecular weight is 265 g/mol. The minimum absolute atomic E-state index is 0.148. The van der Waals surface area contributed by atoms with Crippen LogP contribution in [0.5, 0.6) is 11.6 Å². The second kappa shape index (κ2) is 5.33. The van der Waals surface area contributed by atoms with E-state index in [-0.39, 0.29) is 17.4 Å². The fourth-order valence-corrected chi connectivity index (χ4v) is 1.36. The van der Waals surface area contributed by atoms with Crippen LogP contribution in [0.3, 0.4) is 0 Å². The maximum Gasteiger partial charge on any atom is 0.249 e. The molecule has 0 atom stereocenters. The molecule has 0 amide bonds. The monoisotopic (exact) mass is 264 g/mol. The zero-order chi connectivity index (χ0) is 13.0. The minimum atomic E-state index is -0.174. The van der Waals surface area contributed by atoms with Gasteiger partial charge in [0.1, 0.15) is 5.75 Å². The molecule has 0 bridgehead atoms. The van der Waals surface area contributed by atoms with Crippen molar-refractivity contribution in [3.05, 3.63) is 47.4 Å². The molecule has 1 heterocycles. The number of nitrogens with zero attached hydrogens (tertiary/aromatic N) is 3. The van der Waals surface area contributed by atoms with Gasteiger partial charge in [0.05, 0.1) is 0 Å².